The highest BCUT2D eigenvalue weighted by atomic mass is 32.2. The van der Waals surface area contributed by atoms with Crippen molar-refractivity contribution < 1.29 is 13.2 Å². The average Bonchev–Trinajstić information content (AvgIpc) is 2.58. The Labute approximate surface area is 150 Å². The fourth-order valence-electron chi connectivity index (χ4n) is 2.93. The summed E-state index contributed by atoms with van der Waals surface area (Å²) in [6.45, 7) is 9.52. The number of hydrogen-bond acceptors (Lipinski definition) is 5. The van der Waals surface area contributed by atoms with E-state index in [1.165, 1.54) is 16.4 Å². The number of carbonyl (C=O) groups excluding carboxylic acids is 1. The second-order valence-electron chi connectivity index (χ2n) is 6.19. The summed E-state index contributed by atoms with van der Waals surface area (Å²) >= 11 is 0. The number of hydrogen-bond donors (Lipinski definition) is 2. The van der Waals surface area contributed by atoms with Crippen LogP contribution >= 0.6 is 0 Å². The molecule has 8 heteroatoms. The van der Waals surface area contributed by atoms with Gasteiger partial charge in [0, 0.05) is 44.5 Å². The van der Waals surface area contributed by atoms with Crippen molar-refractivity contribution in [1.82, 2.24) is 14.5 Å². The highest BCUT2D eigenvalue weighted by Crippen LogP contribution is 2.18. The van der Waals surface area contributed by atoms with Crippen molar-refractivity contribution in [3.05, 3.63) is 24.3 Å². The van der Waals surface area contributed by atoms with Gasteiger partial charge < -0.3 is 10.6 Å². The molecule has 1 aromatic rings. The number of benzene rings is 1. The van der Waals surface area contributed by atoms with E-state index in [1.807, 2.05) is 13.8 Å². The molecule has 1 fully saturated rings. The molecule has 1 aromatic carbocycles. The molecular formula is C17H28N4O3S. The summed E-state index contributed by atoms with van der Waals surface area (Å²) in [5.74, 6) is -0.0897. The van der Waals surface area contributed by atoms with Crippen molar-refractivity contribution in [3.8, 4) is 0 Å². The molecule has 0 spiro atoms. The summed E-state index contributed by atoms with van der Waals surface area (Å²) in [5, 5.41) is 6.13. The Morgan fingerprint density at radius 2 is 1.92 bits per heavy atom. The van der Waals surface area contributed by atoms with Crippen LogP contribution < -0.4 is 10.6 Å². The quantitative estimate of drug-likeness (QED) is 0.749. The Bertz CT molecular complexity index is 672. The molecule has 0 saturated carbocycles. The fraction of sp³-hybridized carbons (Fsp3) is 0.588. The maximum Gasteiger partial charge on any atom is 0.243 e. The minimum absolute atomic E-state index is 0.0897. The first kappa shape index (κ1) is 19.8. The molecule has 0 bridgehead atoms. The molecule has 0 aliphatic carbocycles. The summed E-state index contributed by atoms with van der Waals surface area (Å²) in [5.41, 5.74) is 0.603. The van der Waals surface area contributed by atoms with E-state index >= 15 is 0 Å². The van der Waals surface area contributed by atoms with Gasteiger partial charge in [0.1, 0.15) is 0 Å². The molecule has 1 amide bonds. The molecule has 0 aromatic heterocycles. The van der Waals surface area contributed by atoms with Crippen LogP contribution in [-0.4, -0.2) is 68.8 Å². The zero-order valence-corrected chi connectivity index (χ0v) is 16.0. The van der Waals surface area contributed by atoms with E-state index in [0.717, 1.165) is 19.6 Å². The van der Waals surface area contributed by atoms with Crippen LogP contribution in [0.2, 0.25) is 0 Å². The van der Waals surface area contributed by atoms with Gasteiger partial charge in [0.25, 0.3) is 0 Å². The number of piperazine rings is 1. The van der Waals surface area contributed by atoms with Crippen LogP contribution in [0.1, 0.15) is 20.8 Å². The van der Waals surface area contributed by atoms with Gasteiger partial charge >= 0.3 is 0 Å². The maximum atomic E-state index is 12.5. The normalized spacial score (nSPS) is 19.1. The summed E-state index contributed by atoms with van der Waals surface area (Å²) in [6.07, 6.45) is 0. The average molecular weight is 369 g/mol. The number of carbonyl (C=O) groups is 1. The van der Waals surface area contributed by atoms with Gasteiger partial charge in [-0.2, -0.15) is 4.31 Å². The zero-order valence-electron chi connectivity index (χ0n) is 15.2. The van der Waals surface area contributed by atoms with Gasteiger partial charge in [0.15, 0.2) is 0 Å². The number of nitrogens with zero attached hydrogens (tertiary/aromatic N) is 2. The van der Waals surface area contributed by atoms with Crippen molar-refractivity contribution >= 4 is 21.6 Å². The molecule has 25 heavy (non-hydrogen) atoms. The zero-order chi connectivity index (χ0) is 18.4. The first-order chi connectivity index (χ1) is 11.9. The molecule has 1 aliphatic rings. The van der Waals surface area contributed by atoms with Gasteiger partial charge in [-0.1, -0.05) is 13.8 Å². The minimum Gasteiger partial charge on any atom is -0.325 e. The number of nitrogens with one attached hydrogen (secondary N) is 2. The Morgan fingerprint density at radius 3 is 2.48 bits per heavy atom. The van der Waals surface area contributed by atoms with Crippen molar-refractivity contribution in [3.63, 3.8) is 0 Å². The molecule has 1 heterocycles. The third-order valence-electron chi connectivity index (χ3n) is 4.47. The molecule has 140 valence electrons. The lowest BCUT2D eigenvalue weighted by molar-refractivity contribution is -0.118. The molecule has 1 aliphatic heterocycles. The number of rotatable bonds is 7. The Balaban J connectivity index is 1.99. The summed E-state index contributed by atoms with van der Waals surface area (Å²) in [6, 6.07) is 6.67. The van der Waals surface area contributed by atoms with Gasteiger partial charge in [-0.15, -0.1) is 0 Å². The van der Waals surface area contributed by atoms with Crippen molar-refractivity contribution in [1.29, 1.82) is 0 Å². The number of sulfonamides is 1. The summed E-state index contributed by atoms with van der Waals surface area (Å²) < 4.78 is 26.3. The van der Waals surface area contributed by atoms with Gasteiger partial charge in [-0.25, -0.2) is 8.42 Å². The third-order valence-corrected chi connectivity index (χ3v) is 6.53. The smallest absolute Gasteiger partial charge is 0.243 e. The van der Waals surface area contributed by atoms with Gasteiger partial charge in [0.05, 0.1) is 11.4 Å². The summed E-state index contributed by atoms with van der Waals surface area (Å²) in [4.78, 5) is 14.6. The highest BCUT2D eigenvalue weighted by molar-refractivity contribution is 7.89. The maximum absolute atomic E-state index is 12.5. The van der Waals surface area contributed by atoms with E-state index in [2.05, 4.69) is 22.5 Å². The lowest BCUT2D eigenvalue weighted by Crippen LogP contribution is -2.51. The fourth-order valence-corrected chi connectivity index (χ4v) is 4.38. The Morgan fingerprint density at radius 1 is 1.28 bits per heavy atom. The second kappa shape index (κ2) is 8.75. The Kier molecular flexibility index (Phi) is 6.95. The van der Waals surface area contributed by atoms with E-state index in [0.29, 0.717) is 31.4 Å². The van der Waals surface area contributed by atoms with Gasteiger partial charge in [0.2, 0.25) is 15.9 Å². The van der Waals surface area contributed by atoms with Crippen LogP contribution in [0, 0.1) is 0 Å². The van der Waals surface area contributed by atoms with E-state index in [-0.39, 0.29) is 10.8 Å². The van der Waals surface area contributed by atoms with E-state index in [1.54, 1.807) is 12.1 Å². The van der Waals surface area contributed by atoms with Crippen LogP contribution in [0.5, 0.6) is 0 Å². The largest absolute Gasteiger partial charge is 0.325 e. The lowest BCUT2D eigenvalue weighted by atomic mass is 10.2. The first-order valence-corrected chi connectivity index (χ1v) is 10.2. The van der Waals surface area contributed by atoms with Crippen LogP contribution in [0.15, 0.2) is 29.2 Å². The van der Waals surface area contributed by atoms with Crippen LogP contribution in [0.25, 0.3) is 0 Å². The van der Waals surface area contributed by atoms with Crippen LogP contribution in [-0.2, 0) is 14.8 Å². The minimum atomic E-state index is -3.47. The Hall–Kier alpha value is -1.48. The predicted molar refractivity (Wildman–Crippen MR) is 99.1 cm³/mol. The van der Waals surface area contributed by atoms with Crippen LogP contribution in [0.3, 0.4) is 0 Å². The van der Waals surface area contributed by atoms with Crippen LogP contribution in [0.4, 0.5) is 5.69 Å². The molecule has 2 rings (SSSR count). The van der Waals surface area contributed by atoms with E-state index in [9.17, 15) is 13.2 Å². The number of anilines is 1. The van der Waals surface area contributed by atoms with Crippen molar-refractivity contribution in [2.75, 3.05) is 44.6 Å². The highest BCUT2D eigenvalue weighted by Gasteiger charge is 2.22. The van der Waals surface area contributed by atoms with Crippen molar-refractivity contribution in [2.45, 2.75) is 31.7 Å². The molecule has 0 unspecified atom stereocenters. The van der Waals surface area contributed by atoms with E-state index in [4.69, 9.17) is 0 Å². The molecule has 7 nitrogen and oxygen atoms in total. The molecule has 1 saturated heterocycles. The molecule has 2 N–H and O–H groups in total. The third kappa shape index (κ3) is 5.01. The van der Waals surface area contributed by atoms with Gasteiger partial charge in [-0.3, -0.25) is 9.69 Å². The number of amides is 1. The predicted octanol–water partition coefficient (Wildman–Crippen LogP) is 0.949. The lowest BCUT2D eigenvalue weighted by Gasteiger charge is -2.33. The standard InChI is InChI=1S/C17H28N4O3S/c1-4-21(5-2)25(23,24)16-8-6-15(7-9-16)19-17(22)13-20-11-10-18-12-14(20)3/h6-9,14,18H,4-5,10-13H2,1-3H3,(H,19,22)/t14-/m0/s1. The summed E-state index contributed by atoms with van der Waals surface area (Å²) in [7, 11) is -3.47. The SMILES string of the molecule is CCN(CC)S(=O)(=O)c1ccc(NC(=O)CN2CCNC[C@@H]2C)cc1. The van der Waals surface area contributed by atoms with Crippen molar-refractivity contribution in [2.24, 2.45) is 0 Å². The molecule has 0 radical (unpaired) electrons. The monoisotopic (exact) mass is 368 g/mol. The van der Waals surface area contributed by atoms with Gasteiger partial charge in [-0.05, 0) is 31.2 Å². The topological polar surface area (TPSA) is 81.8 Å². The first-order valence-electron chi connectivity index (χ1n) is 8.73. The molecule has 1 atom stereocenters. The second-order valence-corrected chi connectivity index (χ2v) is 8.12. The van der Waals surface area contributed by atoms with E-state index < -0.39 is 10.0 Å². The molecular weight excluding hydrogens is 340 g/mol.